The number of ether oxygens (including phenoxy) is 1. The number of benzene rings is 2. The summed E-state index contributed by atoms with van der Waals surface area (Å²) in [6.07, 6.45) is 2.41. The van der Waals surface area contributed by atoms with Crippen LogP contribution in [0.15, 0.2) is 54.6 Å². The molecule has 0 radical (unpaired) electrons. The van der Waals surface area contributed by atoms with Crippen LogP contribution in [0.1, 0.15) is 49.9 Å². The van der Waals surface area contributed by atoms with Crippen molar-refractivity contribution in [2.24, 2.45) is 5.92 Å². The highest BCUT2D eigenvalue weighted by Gasteiger charge is 2.55. The molecule has 0 unspecified atom stereocenters. The van der Waals surface area contributed by atoms with Gasteiger partial charge in [-0.15, -0.1) is 0 Å². The Kier molecular flexibility index (Phi) is 6.42. The van der Waals surface area contributed by atoms with E-state index in [2.05, 4.69) is 10.6 Å². The Balaban J connectivity index is 1.47. The molecule has 3 atom stereocenters. The number of carbonyl (C=O) groups is 3. The van der Waals surface area contributed by atoms with Gasteiger partial charge in [-0.1, -0.05) is 56.3 Å². The molecule has 2 aromatic carbocycles. The average molecular weight is 435 g/mol. The number of nitrogens with one attached hydrogen (secondary N) is 2. The number of Topliss-reactive ketones (excluding diaryl/α,β-unsaturated/α-hetero) is 1. The fourth-order valence-electron chi connectivity index (χ4n) is 4.73. The molecule has 1 aliphatic carbocycles. The molecule has 1 aliphatic heterocycles. The van der Waals surface area contributed by atoms with Crippen LogP contribution in [0.25, 0.3) is 11.1 Å². The van der Waals surface area contributed by atoms with Gasteiger partial charge < -0.3 is 15.4 Å². The molecular weight excluding hydrogens is 404 g/mol. The molecule has 2 amide bonds. The lowest BCUT2D eigenvalue weighted by atomic mass is 9.91. The second kappa shape index (κ2) is 9.25. The van der Waals surface area contributed by atoms with Crippen molar-refractivity contribution in [2.75, 3.05) is 6.61 Å². The summed E-state index contributed by atoms with van der Waals surface area (Å²) in [6, 6.07) is 16.5. The fraction of sp³-hybridized carbons (Fsp3) is 0.423. The maximum atomic E-state index is 13.2. The number of carbonyl (C=O) groups excluding carboxylic acids is 3. The highest BCUT2D eigenvalue weighted by atomic mass is 16.5. The van der Waals surface area contributed by atoms with Crippen molar-refractivity contribution in [1.82, 2.24) is 10.6 Å². The van der Waals surface area contributed by atoms with Crippen LogP contribution in [0.2, 0.25) is 0 Å². The van der Waals surface area contributed by atoms with Crippen molar-refractivity contribution >= 4 is 17.6 Å². The molecule has 6 heteroatoms. The molecule has 32 heavy (non-hydrogen) atoms. The lowest BCUT2D eigenvalue weighted by Crippen LogP contribution is -2.60. The van der Waals surface area contributed by atoms with E-state index in [1.807, 2.05) is 56.3 Å². The van der Waals surface area contributed by atoms with Gasteiger partial charge in [-0.3, -0.25) is 14.4 Å². The summed E-state index contributed by atoms with van der Waals surface area (Å²) < 4.78 is 5.60. The zero-order valence-electron chi connectivity index (χ0n) is 18.6. The summed E-state index contributed by atoms with van der Waals surface area (Å²) in [6.45, 7) is 4.04. The number of hydrogen-bond donors (Lipinski definition) is 2. The first-order valence-electron chi connectivity index (χ1n) is 11.3. The van der Waals surface area contributed by atoms with Crippen LogP contribution >= 0.6 is 0 Å². The lowest BCUT2D eigenvalue weighted by molar-refractivity contribution is -0.131. The number of amides is 2. The topological polar surface area (TPSA) is 84.5 Å². The summed E-state index contributed by atoms with van der Waals surface area (Å²) in [5, 5.41) is 5.85. The van der Waals surface area contributed by atoms with E-state index in [0.717, 1.165) is 24.0 Å². The molecule has 0 bridgehead atoms. The first-order chi connectivity index (χ1) is 15.4. The van der Waals surface area contributed by atoms with Crippen LogP contribution in [0.4, 0.5) is 0 Å². The van der Waals surface area contributed by atoms with Gasteiger partial charge in [0.1, 0.15) is 18.2 Å². The van der Waals surface area contributed by atoms with E-state index in [1.54, 1.807) is 12.1 Å². The molecule has 4 rings (SSSR count). The summed E-state index contributed by atoms with van der Waals surface area (Å²) in [5.41, 5.74) is 1.65. The lowest BCUT2D eigenvalue weighted by Gasteiger charge is -2.30. The average Bonchev–Trinajstić information content (AvgIpc) is 3.33. The van der Waals surface area contributed by atoms with Gasteiger partial charge in [-0.2, -0.15) is 0 Å². The summed E-state index contributed by atoms with van der Waals surface area (Å²) in [5.74, 6) is -0.503. The Morgan fingerprint density at radius 3 is 2.44 bits per heavy atom. The molecule has 2 fully saturated rings. The third-order valence-electron chi connectivity index (χ3n) is 6.43. The predicted molar refractivity (Wildman–Crippen MR) is 122 cm³/mol. The van der Waals surface area contributed by atoms with Gasteiger partial charge in [0.25, 0.3) is 5.91 Å². The van der Waals surface area contributed by atoms with Crippen LogP contribution in [0.5, 0.6) is 0 Å². The normalized spacial score (nSPS) is 23.1. The number of rotatable bonds is 7. The Bertz CT molecular complexity index is 987. The van der Waals surface area contributed by atoms with E-state index in [4.69, 9.17) is 4.74 Å². The van der Waals surface area contributed by atoms with E-state index < -0.39 is 11.6 Å². The van der Waals surface area contributed by atoms with Crippen molar-refractivity contribution in [1.29, 1.82) is 0 Å². The Hall–Kier alpha value is -2.99. The highest BCUT2D eigenvalue weighted by molar-refractivity contribution is 6.00. The molecule has 1 saturated carbocycles. The minimum Gasteiger partial charge on any atom is -0.367 e. The van der Waals surface area contributed by atoms with E-state index in [-0.39, 0.29) is 36.2 Å². The van der Waals surface area contributed by atoms with Crippen molar-refractivity contribution in [3.63, 3.8) is 0 Å². The van der Waals surface area contributed by atoms with Crippen molar-refractivity contribution < 1.29 is 19.1 Å². The van der Waals surface area contributed by atoms with Crippen molar-refractivity contribution in [3.8, 4) is 11.1 Å². The maximum absolute atomic E-state index is 13.2. The zero-order chi connectivity index (χ0) is 22.7. The number of fused-ring (bicyclic) bond motifs is 1. The molecule has 0 aromatic heterocycles. The second-order valence-electron chi connectivity index (χ2n) is 9.17. The second-order valence-corrected chi connectivity index (χ2v) is 9.17. The van der Waals surface area contributed by atoms with Crippen LogP contribution < -0.4 is 10.6 Å². The Labute approximate surface area is 188 Å². The third-order valence-corrected chi connectivity index (χ3v) is 6.43. The Morgan fingerprint density at radius 2 is 1.75 bits per heavy atom. The summed E-state index contributed by atoms with van der Waals surface area (Å²) in [7, 11) is 0. The van der Waals surface area contributed by atoms with Gasteiger partial charge in [0.05, 0.1) is 6.10 Å². The molecule has 0 spiro atoms. The van der Waals surface area contributed by atoms with E-state index in [0.29, 0.717) is 18.4 Å². The maximum Gasteiger partial charge on any atom is 0.251 e. The molecule has 1 heterocycles. The smallest absolute Gasteiger partial charge is 0.251 e. The number of hydrogen-bond acceptors (Lipinski definition) is 4. The fourth-order valence-corrected chi connectivity index (χ4v) is 4.73. The minimum atomic E-state index is -0.936. The quantitative estimate of drug-likeness (QED) is 0.699. The zero-order valence-corrected chi connectivity index (χ0v) is 18.6. The predicted octanol–water partition coefficient (Wildman–Crippen LogP) is 3.50. The van der Waals surface area contributed by atoms with Gasteiger partial charge in [0.2, 0.25) is 5.91 Å². The Morgan fingerprint density at radius 1 is 1.06 bits per heavy atom. The summed E-state index contributed by atoms with van der Waals surface area (Å²) in [4.78, 5) is 38.6. The third kappa shape index (κ3) is 4.46. The highest BCUT2D eigenvalue weighted by Crippen LogP contribution is 2.38. The standard InChI is InChI=1S/C26H30N2O4/c1-17(2)15-21(25(31)28-26-14-6-9-23(26)32-16-22(26)29)27-24(30)20-12-10-19(11-13-20)18-7-4-3-5-8-18/h3-5,7-8,10-13,17,21,23H,6,9,14-16H2,1-2H3,(H,27,30)(H,28,31)/t21-,23+,26-/m0/s1. The first kappa shape index (κ1) is 22.2. The SMILES string of the molecule is CC(C)C[C@H](NC(=O)c1ccc(-c2ccccc2)cc1)C(=O)N[C@]12CCC[C@H]1OCC2=O. The van der Waals surface area contributed by atoms with E-state index in [9.17, 15) is 14.4 Å². The molecule has 1 saturated heterocycles. The number of ketones is 1. The van der Waals surface area contributed by atoms with Crippen molar-refractivity contribution in [3.05, 3.63) is 60.2 Å². The van der Waals surface area contributed by atoms with Crippen LogP contribution in [0, 0.1) is 5.92 Å². The van der Waals surface area contributed by atoms with Gasteiger partial charge in [0.15, 0.2) is 5.78 Å². The molecular formula is C26H30N2O4. The van der Waals surface area contributed by atoms with Gasteiger partial charge in [0, 0.05) is 5.56 Å². The summed E-state index contributed by atoms with van der Waals surface area (Å²) >= 11 is 0. The molecule has 2 aromatic rings. The molecule has 6 nitrogen and oxygen atoms in total. The van der Waals surface area contributed by atoms with Gasteiger partial charge in [-0.25, -0.2) is 0 Å². The van der Waals surface area contributed by atoms with Crippen LogP contribution in [0.3, 0.4) is 0 Å². The minimum absolute atomic E-state index is 0.0416. The van der Waals surface area contributed by atoms with Crippen LogP contribution in [-0.2, 0) is 14.3 Å². The van der Waals surface area contributed by atoms with E-state index in [1.165, 1.54) is 0 Å². The van der Waals surface area contributed by atoms with Crippen molar-refractivity contribution in [2.45, 2.75) is 57.2 Å². The van der Waals surface area contributed by atoms with Crippen LogP contribution in [-0.4, -0.2) is 41.9 Å². The first-order valence-corrected chi connectivity index (χ1v) is 11.3. The van der Waals surface area contributed by atoms with Gasteiger partial charge >= 0.3 is 0 Å². The molecule has 2 aliphatic rings. The molecule has 168 valence electrons. The molecule has 2 N–H and O–H groups in total. The van der Waals surface area contributed by atoms with Gasteiger partial charge in [-0.05, 0) is 54.9 Å². The van der Waals surface area contributed by atoms with E-state index >= 15 is 0 Å². The monoisotopic (exact) mass is 434 g/mol. The largest absolute Gasteiger partial charge is 0.367 e.